The fourth-order valence-electron chi connectivity index (χ4n) is 4.34. The number of thiophene rings is 2. The van der Waals surface area contributed by atoms with E-state index in [1.165, 1.54) is 4.88 Å². The van der Waals surface area contributed by atoms with Crippen LogP contribution in [0.15, 0.2) is 52.2 Å². The number of hydrogen-bond donors (Lipinski definition) is 1. The second-order valence-electron chi connectivity index (χ2n) is 7.81. The number of carbonyl (C=O) groups excluding carboxylic acids is 2. The highest BCUT2D eigenvalue weighted by Gasteiger charge is 2.42. The van der Waals surface area contributed by atoms with Gasteiger partial charge in [-0.1, -0.05) is 6.07 Å². The Labute approximate surface area is 190 Å². The number of aryl methyl sites for hydroxylation is 1. The SMILES string of the molecule is CCOCCOC(=O)C1=C(C)NC2=C(C(=O)C[C@H](c3cccs3)C2)[C@H]1c1ccc(C)s1. The van der Waals surface area contributed by atoms with Gasteiger partial charge in [0.05, 0.1) is 18.1 Å². The van der Waals surface area contributed by atoms with Crippen molar-refractivity contribution in [3.63, 3.8) is 0 Å². The van der Waals surface area contributed by atoms with Gasteiger partial charge in [-0.15, -0.1) is 22.7 Å². The predicted molar refractivity (Wildman–Crippen MR) is 123 cm³/mol. The highest BCUT2D eigenvalue weighted by Crippen LogP contribution is 2.47. The van der Waals surface area contributed by atoms with Gasteiger partial charge in [-0.2, -0.15) is 0 Å². The Kier molecular flexibility index (Phi) is 6.74. The molecule has 3 heterocycles. The number of allylic oxidation sites excluding steroid dienone is 3. The molecule has 2 atom stereocenters. The molecule has 0 aromatic carbocycles. The quantitative estimate of drug-likeness (QED) is 0.465. The summed E-state index contributed by atoms with van der Waals surface area (Å²) in [6, 6.07) is 8.19. The van der Waals surface area contributed by atoms with Gasteiger partial charge >= 0.3 is 5.97 Å². The third kappa shape index (κ3) is 4.54. The molecule has 4 rings (SSSR count). The van der Waals surface area contributed by atoms with Gasteiger partial charge < -0.3 is 14.8 Å². The van der Waals surface area contributed by atoms with E-state index >= 15 is 0 Å². The van der Waals surface area contributed by atoms with Gasteiger partial charge in [-0.25, -0.2) is 4.79 Å². The molecule has 2 aromatic rings. The summed E-state index contributed by atoms with van der Waals surface area (Å²) in [7, 11) is 0. The van der Waals surface area contributed by atoms with E-state index in [1.54, 1.807) is 22.7 Å². The van der Waals surface area contributed by atoms with E-state index in [0.29, 0.717) is 25.2 Å². The fourth-order valence-corrected chi connectivity index (χ4v) is 6.17. The molecule has 7 heteroatoms. The first kappa shape index (κ1) is 22.0. The molecule has 0 spiro atoms. The van der Waals surface area contributed by atoms with Crippen LogP contribution < -0.4 is 5.32 Å². The van der Waals surface area contributed by atoms with E-state index in [0.717, 1.165) is 33.1 Å². The lowest BCUT2D eigenvalue weighted by Crippen LogP contribution is -2.36. The molecule has 0 unspecified atom stereocenters. The van der Waals surface area contributed by atoms with Crippen molar-refractivity contribution in [1.82, 2.24) is 5.32 Å². The first-order chi connectivity index (χ1) is 15.0. The third-order valence-corrected chi connectivity index (χ3v) is 7.80. The molecule has 1 aliphatic heterocycles. The summed E-state index contributed by atoms with van der Waals surface area (Å²) in [6.45, 7) is 6.97. The number of esters is 1. The molecule has 2 aromatic heterocycles. The molecule has 1 N–H and O–H groups in total. The van der Waals surface area contributed by atoms with Gasteiger partial charge in [0.2, 0.25) is 0 Å². The second kappa shape index (κ2) is 9.51. The molecule has 0 saturated heterocycles. The first-order valence-electron chi connectivity index (χ1n) is 10.6. The average Bonchev–Trinajstić information content (AvgIpc) is 3.42. The van der Waals surface area contributed by atoms with E-state index in [4.69, 9.17) is 9.47 Å². The van der Waals surface area contributed by atoms with Crippen molar-refractivity contribution in [1.29, 1.82) is 0 Å². The highest BCUT2D eigenvalue weighted by molar-refractivity contribution is 7.12. The molecule has 0 saturated carbocycles. The van der Waals surface area contributed by atoms with Crippen LogP contribution in [-0.2, 0) is 19.1 Å². The van der Waals surface area contributed by atoms with Gasteiger partial charge in [-0.3, -0.25) is 4.79 Å². The van der Waals surface area contributed by atoms with Crippen LogP contribution in [0, 0.1) is 6.92 Å². The average molecular weight is 458 g/mol. The van der Waals surface area contributed by atoms with E-state index in [1.807, 2.05) is 39.0 Å². The summed E-state index contributed by atoms with van der Waals surface area (Å²) in [6.07, 6.45) is 1.24. The standard InChI is InChI=1S/C24H27NO4S2/c1-4-28-9-10-29-24(27)21-15(3)25-17-12-16(19-6-5-11-30-19)13-18(26)22(17)23(21)20-8-7-14(2)31-20/h5-8,11,16,23,25H,4,9-10,12-13H2,1-3H3/t16-,23+/m1/s1. The van der Waals surface area contributed by atoms with Crippen molar-refractivity contribution < 1.29 is 19.1 Å². The summed E-state index contributed by atoms with van der Waals surface area (Å²) in [5.74, 6) is -0.487. The number of nitrogens with one attached hydrogen (secondary N) is 1. The molecule has 0 fully saturated rings. The summed E-state index contributed by atoms with van der Waals surface area (Å²) < 4.78 is 10.8. The molecule has 0 amide bonds. The van der Waals surface area contributed by atoms with Crippen molar-refractivity contribution in [2.75, 3.05) is 19.8 Å². The highest BCUT2D eigenvalue weighted by atomic mass is 32.1. The number of hydrogen-bond acceptors (Lipinski definition) is 7. The van der Waals surface area contributed by atoms with E-state index in [-0.39, 0.29) is 30.2 Å². The van der Waals surface area contributed by atoms with Crippen LogP contribution in [-0.4, -0.2) is 31.6 Å². The van der Waals surface area contributed by atoms with Crippen LogP contribution in [0.3, 0.4) is 0 Å². The van der Waals surface area contributed by atoms with Crippen LogP contribution in [0.4, 0.5) is 0 Å². The minimum Gasteiger partial charge on any atom is -0.460 e. The maximum atomic E-state index is 13.4. The zero-order chi connectivity index (χ0) is 22.0. The summed E-state index contributed by atoms with van der Waals surface area (Å²) in [5, 5.41) is 5.45. The zero-order valence-electron chi connectivity index (χ0n) is 18.0. The van der Waals surface area contributed by atoms with Crippen LogP contribution in [0.2, 0.25) is 0 Å². The van der Waals surface area contributed by atoms with Crippen molar-refractivity contribution in [2.45, 2.75) is 45.4 Å². The molecule has 1 aliphatic carbocycles. The van der Waals surface area contributed by atoms with Crippen molar-refractivity contribution in [3.8, 4) is 0 Å². The Hall–Kier alpha value is -2.22. The molecule has 5 nitrogen and oxygen atoms in total. The van der Waals surface area contributed by atoms with Crippen molar-refractivity contribution in [3.05, 3.63) is 66.8 Å². The summed E-state index contributed by atoms with van der Waals surface area (Å²) in [4.78, 5) is 29.9. The Morgan fingerprint density at radius 3 is 2.68 bits per heavy atom. The number of dihydropyridines is 1. The smallest absolute Gasteiger partial charge is 0.336 e. The number of ether oxygens (including phenoxy) is 2. The van der Waals surface area contributed by atoms with Crippen LogP contribution in [0.5, 0.6) is 0 Å². The topological polar surface area (TPSA) is 64.6 Å². The normalized spacial score (nSPS) is 21.2. The molecular formula is C24H27NO4S2. The van der Waals surface area contributed by atoms with Gasteiger partial charge in [0, 0.05) is 50.5 Å². The van der Waals surface area contributed by atoms with Crippen LogP contribution >= 0.6 is 22.7 Å². The molecule has 0 radical (unpaired) electrons. The van der Waals surface area contributed by atoms with Crippen LogP contribution in [0.25, 0.3) is 0 Å². The number of ketones is 1. The lowest BCUT2D eigenvalue weighted by atomic mass is 9.74. The number of rotatable bonds is 7. The Morgan fingerprint density at radius 2 is 2.00 bits per heavy atom. The molecule has 164 valence electrons. The molecule has 31 heavy (non-hydrogen) atoms. The summed E-state index contributed by atoms with van der Waals surface area (Å²) in [5.41, 5.74) is 2.95. The minimum atomic E-state index is -0.388. The second-order valence-corrected chi connectivity index (χ2v) is 10.1. The number of Topliss-reactive ketones (excluding diaryl/α,β-unsaturated/α-hetero) is 1. The maximum Gasteiger partial charge on any atom is 0.336 e. The van der Waals surface area contributed by atoms with Gasteiger partial charge in [0.15, 0.2) is 5.78 Å². The Balaban J connectivity index is 1.69. The van der Waals surface area contributed by atoms with Gasteiger partial charge in [-0.05, 0) is 50.8 Å². The number of carbonyl (C=O) groups is 2. The van der Waals surface area contributed by atoms with Crippen LogP contribution in [0.1, 0.15) is 53.2 Å². The third-order valence-electron chi connectivity index (χ3n) is 5.70. The Morgan fingerprint density at radius 1 is 1.16 bits per heavy atom. The maximum absolute atomic E-state index is 13.4. The van der Waals surface area contributed by atoms with Crippen molar-refractivity contribution in [2.24, 2.45) is 0 Å². The lowest BCUT2D eigenvalue weighted by molar-refractivity contribution is -0.140. The fraction of sp³-hybridized carbons (Fsp3) is 0.417. The minimum absolute atomic E-state index is 0.107. The molecule has 2 aliphatic rings. The monoisotopic (exact) mass is 457 g/mol. The summed E-state index contributed by atoms with van der Waals surface area (Å²) >= 11 is 3.32. The van der Waals surface area contributed by atoms with Gasteiger partial charge in [0.25, 0.3) is 0 Å². The largest absolute Gasteiger partial charge is 0.460 e. The van der Waals surface area contributed by atoms with Gasteiger partial charge in [0.1, 0.15) is 6.61 Å². The predicted octanol–water partition coefficient (Wildman–Crippen LogP) is 5.06. The van der Waals surface area contributed by atoms with E-state index in [9.17, 15) is 9.59 Å². The molecule has 0 bridgehead atoms. The Bertz CT molecular complexity index is 1030. The lowest BCUT2D eigenvalue weighted by Gasteiger charge is -2.35. The first-order valence-corrected chi connectivity index (χ1v) is 12.3. The van der Waals surface area contributed by atoms with E-state index < -0.39 is 0 Å². The van der Waals surface area contributed by atoms with E-state index in [2.05, 4.69) is 16.8 Å². The zero-order valence-corrected chi connectivity index (χ0v) is 19.7. The molecular weight excluding hydrogens is 430 g/mol. The van der Waals surface area contributed by atoms with Crippen molar-refractivity contribution >= 4 is 34.4 Å².